The lowest BCUT2D eigenvalue weighted by Crippen LogP contribution is -2.06. The molecule has 0 aliphatic heterocycles. The van der Waals surface area contributed by atoms with E-state index in [-0.39, 0.29) is 5.75 Å². The predicted octanol–water partition coefficient (Wildman–Crippen LogP) is 3.66. The molecule has 19 heavy (non-hydrogen) atoms. The maximum absolute atomic E-state index is 11.7. The SMILES string of the molecule is CCCCc1c(C)c(-c2ccccc2)oc(=O)c1O. The minimum Gasteiger partial charge on any atom is -0.502 e. The first-order valence-corrected chi connectivity index (χ1v) is 6.56. The molecule has 3 heteroatoms. The number of hydrogen-bond donors (Lipinski definition) is 1. The van der Waals surface area contributed by atoms with Gasteiger partial charge in [-0.1, -0.05) is 43.7 Å². The van der Waals surface area contributed by atoms with Crippen LogP contribution in [0.1, 0.15) is 30.9 Å². The van der Waals surface area contributed by atoms with Gasteiger partial charge in [0.15, 0.2) is 0 Å². The molecular weight excluding hydrogens is 240 g/mol. The first-order chi connectivity index (χ1) is 9.15. The van der Waals surface area contributed by atoms with Crippen molar-refractivity contribution in [1.29, 1.82) is 0 Å². The Hall–Kier alpha value is -2.03. The number of rotatable bonds is 4. The summed E-state index contributed by atoms with van der Waals surface area (Å²) >= 11 is 0. The van der Waals surface area contributed by atoms with Crippen LogP contribution in [-0.2, 0) is 6.42 Å². The van der Waals surface area contributed by atoms with Gasteiger partial charge < -0.3 is 9.52 Å². The minimum atomic E-state index is -0.657. The minimum absolute atomic E-state index is 0.245. The largest absolute Gasteiger partial charge is 0.502 e. The zero-order chi connectivity index (χ0) is 13.8. The third-order valence-electron chi connectivity index (χ3n) is 3.28. The Labute approximate surface area is 112 Å². The lowest BCUT2D eigenvalue weighted by atomic mass is 9.99. The Morgan fingerprint density at radius 3 is 2.53 bits per heavy atom. The number of aromatic hydroxyl groups is 1. The quantitative estimate of drug-likeness (QED) is 0.910. The van der Waals surface area contributed by atoms with E-state index in [9.17, 15) is 9.90 Å². The Kier molecular flexibility index (Phi) is 4.05. The van der Waals surface area contributed by atoms with Crippen LogP contribution in [0.5, 0.6) is 5.75 Å². The van der Waals surface area contributed by atoms with Crippen molar-refractivity contribution in [3.63, 3.8) is 0 Å². The van der Waals surface area contributed by atoms with Crippen molar-refractivity contribution < 1.29 is 9.52 Å². The molecule has 3 nitrogen and oxygen atoms in total. The summed E-state index contributed by atoms with van der Waals surface area (Å²) in [6, 6.07) is 9.49. The molecule has 0 atom stereocenters. The van der Waals surface area contributed by atoms with Crippen molar-refractivity contribution in [1.82, 2.24) is 0 Å². The van der Waals surface area contributed by atoms with Gasteiger partial charge in [0.25, 0.3) is 0 Å². The number of unbranched alkanes of at least 4 members (excludes halogenated alkanes) is 1. The van der Waals surface area contributed by atoms with Crippen LogP contribution in [0.3, 0.4) is 0 Å². The Morgan fingerprint density at radius 1 is 1.21 bits per heavy atom. The third kappa shape index (κ3) is 2.70. The summed E-state index contributed by atoms with van der Waals surface area (Å²) in [7, 11) is 0. The molecule has 0 aliphatic rings. The molecule has 0 bridgehead atoms. The van der Waals surface area contributed by atoms with E-state index in [1.54, 1.807) is 0 Å². The van der Waals surface area contributed by atoms with Gasteiger partial charge in [0, 0.05) is 11.1 Å². The van der Waals surface area contributed by atoms with Crippen LogP contribution in [0.25, 0.3) is 11.3 Å². The van der Waals surface area contributed by atoms with Crippen molar-refractivity contribution in [2.24, 2.45) is 0 Å². The predicted molar refractivity (Wildman–Crippen MR) is 75.4 cm³/mol. The van der Waals surface area contributed by atoms with Crippen molar-refractivity contribution in [2.45, 2.75) is 33.1 Å². The maximum Gasteiger partial charge on any atom is 0.379 e. The topological polar surface area (TPSA) is 50.4 Å². The van der Waals surface area contributed by atoms with Crippen LogP contribution in [0.2, 0.25) is 0 Å². The lowest BCUT2D eigenvalue weighted by molar-refractivity contribution is 0.407. The highest BCUT2D eigenvalue weighted by Crippen LogP contribution is 2.29. The van der Waals surface area contributed by atoms with Crippen LogP contribution >= 0.6 is 0 Å². The second-order valence-electron chi connectivity index (χ2n) is 4.64. The summed E-state index contributed by atoms with van der Waals surface area (Å²) in [5.41, 5.74) is 1.75. The molecule has 0 saturated carbocycles. The van der Waals surface area contributed by atoms with Crippen LogP contribution in [0.15, 0.2) is 39.5 Å². The van der Waals surface area contributed by atoms with Gasteiger partial charge >= 0.3 is 5.63 Å². The first-order valence-electron chi connectivity index (χ1n) is 6.56. The second-order valence-corrected chi connectivity index (χ2v) is 4.64. The van der Waals surface area contributed by atoms with Gasteiger partial charge in [0.1, 0.15) is 5.76 Å². The van der Waals surface area contributed by atoms with Crippen LogP contribution < -0.4 is 5.63 Å². The normalized spacial score (nSPS) is 10.6. The zero-order valence-corrected chi connectivity index (χ0v) is 11.3. The Balaban J connectivity index is 2.57. The summed E-state index contributed by atoms with van der Waals surface area (Å²) < 4.78 is 5.24. The molecule has 1 heterocycles. The fourth-order valence-electron chi connectivity index (χ4n) is 2.18. The second kappa shape index (κ2) is 5.74. The van der Waals surface area contributed by atoms with Crippen molar-refractivity contribution in [3.05, 3.63) is 51.9 Å². The molecular formula is C16H18O3. The highest BCUT2D eigenvalue weighted by Gasteiger charge is 2.16. The molecule has 1 N–H and O–H groups in total. The summed E-state index contributed by atoms with van der Waals surface area (Å²) in [5, 5.41) is 9.87. The van der Waals surface area contributed by atoms with E-state index in [0.717, 1.165) is 24.0 Å². The Morgan fingerprint density at radius 2 is 1.89 bits per heavy atom. The highest BCUT2D eigenvalue weighted by atomic mass is 16.4. The molecule has 0 radical (unpaired) electrons. The molecule has 1 aromatic carbocycles. The first kappa shape index (κ1) is 13.4. The molecule has 0 unspecified atom stereocenters. The lowest BCUT2D eigenvalue weighted by Gasteiger charge is -2.11. The van der Waals surface area contributed by atoms with Gasteiger partial charge in [-0.05, 0) is 25.3 Å². The van der Waals surface area contributed by atoms with Crippen LogP contribution in [-0.4, -0.2) is 5.11 Å². The van der Waals surface area contributed by atoms with E-state index in [2.05, 4.69) is 6.92 Å². The van der Waals surface area contributed by atoms with Gasteiger partial charge in [-0.15, -0.1) is 0 Å². The van der Waals surface area contributed by atoms with Gasteiger partial charge in [0.05, 0.1) is 0 Å². The highest BCUT2D eigenvalue weighted by molar-refractivity contribution is 5.63. The van der Waals surface area contributed by atoms with Crippen LogP contribution in [0.4, 0.5) is 0 Å². The van der Waals surface area contributed by atoms with E-state index < -0.39 is 5.63 Å². The molecule has 0 fully saturated rings. The molecule has 100 valence electrons. The fraction of sp³-hybridized carbons (Fsp3) is 0.312. The van der Waals surface area contributed by atoms with E-state index in [4.69, 9.17) is 4.42 Å². The van der Waals surface area contributed by atoms with Crippen molar-refractivity contribution in [3.8, 4) is 17.1 Å². The van der Waals surface area contributed by atoms with Crippen molar-refractivity contribution >= 4 is 0 Å². The van der Waals surface area contributed by atoms with E-state index in [1.165, 1.54) is 0 Å². The molecule has 2 rings (SSSR count). The smallest absolute Gasteiger partial charge is 0.379 e. The van der Waals surface area contributed by atoms with Gasteiger partial charge in [-0.3, -0.25) is 0 Å². The molecule has 0 aliphatic carbocycles. The third-order valence-corrected chi connectivity index (χ3v) is 3.28. The molecule has 0 spiro atoms. The number of benzene rings is 1. The Bertz CT molecular complexity index is 612. The monoisotopic (exact) mass is 258 g/mol. The summed E-state index contributed by atoms with van der Waals surface area (Å²) in [5.74, 6) is 0.306. The average molecular weight is 258 g/mol. The number of hydrogen-bond acceptors (Lipinski definition) is 3. The molecule has 1 aromatic heterocycles. The molecule has 0 amide bonds. The van der Waals surface area contributed by atoms with Gasteiger partial charge in [0.2, 0.25) is 5.75 Å². The zero-order valence-electron chi connectivity index (χ0n) is 11.3. The average Bonchev–Trinajstić information content (AvgIpc) is 2.44. The van der Waals surface area contributed by atoms with E-state index in [0.29, 0.717) is 17.7 Å². The van der Waals surface area contributed by atoms with Crippen molar-refractivity contribution in [2.75, 3.05) is 0 Å². The van der Waals surface area contributed by atoms with Crippen LogP contribution in [0, 0.1) is 6.92 Å². The van der Waals surface area contributed by atoms with Gasteiger partial charge in [-0.2, -0.15) is 0 Å². The maximum atomic E-state index is 11.7. The molecule has 2 aromatic rings. The summed E-state index contributed by atoms with van der Waals surface area (Å²) in [6.07, 6.45) is 2.64. The summed E-state index contributed by atoms with van der Waals surface area (Å²) in [4.78, 5) is 11.7. The van der Waals surface area contributed by atoms with E-state index >= 15 is 0 Å². The van der Waals surface area contributed by atoms with E-state index in [1.807, 2.05) is 37.3 Å². The summed E-state index contributed by atoms with van der Waals surface area (Å²) in [6.45, 7) is 3.96. The standard InChI is InChI=1S/C16H18O3/c1-3-4-10-13-11(2)15(19-16(18)14(13)17)12-8-6-5-7-9-12/h5-9,17H,3-4,10H2,1-2H3. The molecule has 0 saturated heterocycles. The fourth-order valence-corrected chi connectivity index (χ4v) is 2.18. The van der Waals surface area contributed by atoms with Gasteiger partial charge in [-0.25, -0.2) is 4.79 Å².